The molecule has 1 aromatic carbocycles. The number of nitrogens with zero attached hydrogens (tertiary/aromatic N) is 3. The molecule has 3 rings (SSSR count). The molecule has 1 saturated carbocycles. The Kier molecular flexibility index (Phi) is 3.81. The fourth-order valence-electron chi connectivity index (χ4n) is 2.77. The first-order chi connectivity index (χ1) is 11.2. The number of halogens is 3. The number of alkyl halides is 3. The Balaban J connectivity index is 1.85. The quantitative estimate of drug-likeness (QED) is 0.862. The topological polar surface area (TPSA) is 46.1 Å². The van der Waals surface area contributed by atoms with E-state index in [1.54, 1.807) is 0 Å². The maximum absolute atomic E-state index is 12.9. The molecule has 1 aliphatic rings. The first-order valence-corrected chi connectivity index (χ1v) is 7.50. The Labute approximate surface area is 137 Å². The lowest BCUT2D eigenvalue weighted by molar-refractivity contribution is -0.141. The largest absolute Gasteiger partial charge is 0.435 e. The van der Waals surface area contributed by atoms with Gasteiger partial charge in [0.25, 0.3) is 0 Å². The monoisotopic (exact) mass is 335 g/mol. The molecule has 1 heterocycles. The molecule has 0 unspecified atom stereocenters. The summed E-state index contributed by atoms with van der Waals surface area (Å²) in [6.07, 6.45) is -3.12. The van der Waals surface area contributed by atoms with Crippen LogP contribution in [0.5, 0.6) is 0 Å². The SMILES string of the molecule is Cc1cccc(C2(C(=O)N(C)c3ccc(C(F)(F)F)nn3)CC2)c1. The number of carbonyl (C=O) groups is 1. The summed E-state index contributed by atoms with van der Waals surface area (Å²) in [5, 5.41) is 6.73. The van der Waals surface area contributed by atoms with Crippen LogP contribution in [0.15, 0.2) is 36.4 Å². The van der Waals surface area contributed by atoms with Crippen LogP contribution < -0.4 is 4.90 Å². The van der Waals surface area contributed by atoms with E-state index in [1.807, 2.05) is 31.2 Å². The molecule has 1 fully saturated rings. The summed E-state index contributed by atoms with van der Waals surface area (Å²) in [5.74, 6) is -0.0749. The van der Waals surface area contributed by atoms with Gasteiger partial charge in [0.1, 0.15) is 0 Å². The van der Waals surface area contributed by atoms with E-state index in [2.05, 4.69) is 10.2 Å². The minimum absolute atomic E-state index is 0.104. The van der Waals surface area contributed by atoms with Gasteiger partial charge in [0.05, 0.1) is 5.41 Å². The van der Waals surface area contributed by atoms with Gasteiger partial charge in [0, 0.05) is 7.05 Å². The lowest BCUT2D eigenvalue weighted by Crippen LogP contribution is -2.37. The highest BCUT2D eigenvalue weighted by Gasteiger charge is 2.53. The van der Waals surface area contributed by atoms with Crippen LogP contribution in [0.3, 0.4) is 0 Å². The van der Waals surface area contributed by atoms with Crippen molar-refractivity contribution in [3.63, 3.8) is 0 Å². The third-order valence-corrected chi connectivity index (χ3v) is 4.32. The van der Waals surface area contributed by atoms with Gasteiger partial charge in [-0.15, -0.1) is 10.2 Å². The Morgan fingerprint density at radius 3 is 2.38 bits per heavy atom. The van der Waals surface area contributed by atoms with Gasteiger partial charge in [0.2, 0.25) is 5.91 Å². The Morgan fingerprint density at radius 2 is 1.88 bits per heavy atom. The summed E-state index contributed by atoms with van der Waals surface area (Å²) in [5.41, 5.74) is 0.306. The number of hydrogen-bond donors (Lipinski definition) is 0. The summed E-state index contributed by atoms with van der Waals surface area (Å²) < 4.78 is 37.7. The zero-order valence-electron chi connectivity index (χ0n) is 13.3. The second kappa shape index (κ2) is 5.58. The molecular weight excluding hydrogens is 319 g/mol. The highest BCUT2D eigenvalue weighted by Crippen LogP contribution is 2.50. The van der Waals surface area contributed by atoms with Gasteiger partial charge in [-0.25, -0.2) is 0 Å². The second-order valence-corrected chi connectivity index (χ2v) is 6.09. The van der Waals surface area contributed by atoms with Crippen LogP contribution in [-0.4, -0.2) is 23.2 Å². The average Bonchev–Trinajstić information content (AvgIpc) is 3.34. The third-order valence-electron chi connectivity index (χ3n) is 4.32. The minimum atomic E-state index is -4.55. The van der Waals surface area contributed by atoms with Crippen molar-refractivity contribution in [2.24, 2.45) is 0 Å². The van der Waals surface area contributed by atoms with Crippen LogP contribution in [0.1, 0.15) is 29.7 Å². The van der Waals surface area contributed by atoms with Gasteiger partial charge in [0.15, 0.2) is 11.5 Å². The molecule has 0 N–H and O–H groups in total. The number of benzene rings is 1. The van der Waals surface area contributed by atoms with Crippen molar-refractivity contribution in [3.05, 3.63) is 53.2 Å². The van der Waals surface area contributed by atoms with Crippen molar-refractivity contribution in [2.75, 3.05) is 11.9 Å². The molecular formula is C17H16F3N3O. The Bertz CT molecular complexity index is 767. The Hall–Kier alpha value is -2.44. The number of carbonyl (C=O) groups excluding carboxylic acids is 1. The van der Waals surface area contributed by atoms with Crippen molar-refractivity contribution in [1.82, 2.24) is 10.2 Å². The molecule has 2 aromatic rings. The maximum atomic E-state index is 12.9. The molecule has 4 nitrogen and oxygen atoms in total. The fraction of sp³-hybridized carbons (Fsp3) is 0.353. The molecule has 1 aliphatic carbocycles. The van der Waals surface area contributed by atoms with Crippen molar-refractivity contribution >= 4 is 11.7 Å². The molecule has 0 radical (unpaired) electrons. The van der Waals surface area contributed by atoms with Gasteiger partial charge in [-0.1, -0.05) is 29.8 Å². The first kappa shape index (κ1) is 16.4. The summed E-state index contributed by atoms with van der Waals surface area (Å²) in [6, 6.07) is 9.73. The van der Waals surface area contributed by atoms with Crippen LogP contribution in [-0.2, 0) is 16.4 Å². The fourth-order valence-corrected chi connectivity index (χ4v) is 2.77. The molecule has 7 heteroatoms. The van der Waals surface area contributed by atoms with Crippen LogP contribution in [0.4, 0.5) is 19.0 Å². The zero-order valence-corrected chi connectivity index (χ0v) is 13.3. The van der Waals surface area contributed by atoms with E-state index in [0.717, 1.165) is 17.2 Å². The minimum Gasteiger partial charge on any atom is -0.298 e. The lowest BCUT2D eigenvalue weighted by atomic mass is 9.93. The summed E-state index contributed by atoms with van der Waals surface area (Å²) in [7, 11) is 1.51. The predicted octanol–water partition coefficient (Wildman–Crippen LogP) is 3.50. The van der Waals surface area contributed by atoms with Crippen LogP contribution in [0.25, 0.3) is 0 Å². The van der Waals surface area contributed by atoms with Gasteiger partial charge < -0.3 is 0 Å². The van der Waals surface area contributed by atoms with E-state index in [-0.39, 0.29) is 11.7 Å². The third kappa shape index (κ3) is 2.86. The van der Waals surface area contributed by atoms with Gasteiger partial charge in [-0.05, 0) is 37.5 Å². The van der Waals surface area contributed by atoms with E-state index in [1.165, 1.54) is 18.0 Å². The zero-order chi connectivity index (χ0) is 17.5. The van der Waals surface area contributed by atoms with E-state index < -0.39 is 17.3 Å². The van der Waals surface area contributed by atoms with E-state index in [0.29, 0.717) is 12.8 Å². The highest BCUT2D eigenvalue weighted by molar-refractivity contribution is 6.02. The molecule has 0 atom stereocenters. The number of anilines is 1. The van der Waals surface area contributed by atoms with Crippen LogP contribution in [0.2, 0.25) is 0 Å². The molecule has 1 amide bonds. The summed E-state index contributed by atoms with van der Waals surface area (Å²) >= 11 is 0. The average molecular weight is 335 g/mol. The number of hydrogen-bond acceptors (Lipinski definition) is 3. The standard InChI is InChI=1S/C17H16F3N3O/c1-11-4-3-5-12(10-11)16(8-9-16)15(24)23(2)14-7-6-13(21-22-14)17(18,19)20/h3-7,10H,8-9H2,1-2H3. The molecule has 0 bridgehead atoms. The lowest BCUT2D eigenvalue weighted by Gasteiger charge is -2.23. The number of rotatable bonds is 3. The molecule has 24 heavy (non-hydrogen) atoms. The maximum Gasteiger partial charge on any atom is 0.435 e. The first-order valence-electron chi connectivity index (χ1n) is 7.50. The number of likely N-dealkylation sites (N-methyl/N-ethyl adjacent to an activating group) is 1. The van der Waals surface area contributed by atoms with Crippen LogP contribution in [0, 0.1) is 6.92 Å². The number of aryl methyl sites for hydroxylation is 1. The molecule has 0 spiro atoms. The number of amides is 1. The van der Waals surface area contributed by atoms with Crippen molar-refractivity contribution in [3.8, 4) is 0 Å². The predicted molar refractivity (Wildman–Crippen MR) is 82.5 cm³/mol. The van der Waals surface area contributed by atoms with Crippen molar-refractivity contribution in [2.45, 2.75) is 31.4 Å². The van der Waals surface area contributed by atoms with Gasteiger partial charge in [-0.2, -0.15) is 13.2 Å². The molecule has 1 aromatic heterocycles. The second-order valence-electron chi connectivity index (χ2n) is 6.09. The van der Waals surface area contributed by atoms with Crippen LogP contribution >= 0.6 is 0 Å². The smallest absolute Gasteiger partial charge is 0.298 e. The Morgan fingerprint density at radius 1 is 1.17 bits per heavy atom. The molecule has 0 aliphatic heterocycles. The molecule has 126 valence electrons. The van der Waals surface area contributed by atoms with E-state index in [9.17, 15) is 18.0 Å². The van der Waals surface area contributed by atoms with E-state index in [4.69, 9.17) is 0 Å². The van der Waals surface area contributed by atoms with Gasteiger partial charge >= 0.3 is 6.18 Å². The van der Waals surface area contributed by atoms with Crippen molar-refractivity contribution < 1.29 is 18.0 Å². The number of aromatic nitrogens is 2. The highest BCUT2D eigenvalue weighted by atomic mass is 19.4. The summed E-state index contributed by atoms with van der Waals surface area (Å²) in [4.78, 5) is 14.1. The normalized spacial score (nSPS) is 15.9. The summed E-state index contributed by atoms with van der Waals surface area (Å²) in [6.45, 7) is 1.95. The molecule has 0 saturated heterocycles. The van der Waals surface area contributed by atoms with E-state index >= 15 is 0 Å². The van der Waals surface area contributed by atoms with Gasteiger partial charge in [-0.3, -0.25) is 9.69 Å². The van der Waals surface area contributed by atoms with Crippen molar-refractivity contribution in [1.29, 1.82) is 0 Å².